The van der Waals surface area contributed by atoms with Crippen molar-refractivity contribution in [3.05, 3.63) is 47.3 Å². The molecule has 1 amide bonds. The molecule has 27 heavy (non-hydrogen) atoms. The highest BCUT2D eigenvalue weighted by atomic mass is 32.2. The van der Waals surface area contributed by atoms with Gasteiger partial charge in [0.05, 0.1) is 10.5 Å². The van der Waals surface area contributed by atoms with Crippen LogP contribution in [0.2, 0.25) is 0 Å². The van der Waals surface area contributed by atoms with Crippen LogP contribution < -0.4 is 0 Å². The van der Waals surface area contributed by atoms with Crippen LogP contribution in [0.4, 0.5) is 0 Å². The lowest BCUT2D eigenvalue weighted by atomic mass is 10.2. The Hall–Kier alpha value is -2.70. The van der Waals surface area contributed by atoms with Gasteiger partial charge in [0.2, 0.25) is 10.0 Å². The third kappa shape index (κ3) is 3.34. The summed E-state index contributed by atoms with van der Waals surface area (Å²) in [6.07, 6.45) is 2.12. The van der Waals surface area contributed by atoms with E-state index in [1.807, 2.05) is 6.07 Å². The van der Waals surface area contributed by atoms with Crippen molar-refractivity contribution in [1.82, 2.24) is 14.4 Å². The number of nitrogens with zero attached hydrogens (tertiary/aromatic N) is 4. The summed E-state index contributed by atoms with van der Waals surface area (Å²) in [4.78, 5) is 14.2. The second-order valence-corrected chi connectivity index (χ2v) is 8.60. The molecule has 0 bridgehead atoms. The van der Waals surface area contributed by atoms with Gasteiger partial charge in [-0.2, -0.15) is 9.57 Å². The molecule has 0 unspecified atom stereocenters. The number of piperazine rings is 1. The molecule has 2 heterocycles. The molecule has 1 saturated carbocycles. The van der Waals surface area contributed by atoms with Crippen molar-refractivity contribution in [3.63, 3.8) is 0 Å². The topological polar surface area (TPSA) is 108 Å². The van der Waals surface area contributed by atoms with Gasteiger partial charge in [-0.05, 0) is 25.0 Å². The molecule has 2 fully saturated rings. The number of carbonyl (C=O) groups is 1. The normalized spacial score (nSPS) is 18.3. The summed E-state index contributed by atoms with van der Waals surface area (Å²) in [6, 6.07) is 9.73. The fourth-order valence-electron chi connectivity index (χ4n) is 3.17. The van der Waals surface area contributed by atoms with Crippen molar-refractivity contribution in [2.45, 2.75) is 23.7 Å². The van der Waals surface area contributed by atoms with Crippen LogP contribution in [0.5, 0.6) is 0 Å². The SMILES string of the molecule is N#Cc1ccccc1S(=O)(=O)N1CCN(C(=O)c2cc(C3CC3)on2)CC1. The molecular weight excluding hydrogens is 368 g/mol. The number of carbonyl (C=O) groups excluding carboxylic acids is 1. The molecule has 2 aromatic rings. The van der Waals surface area contributed by atoms with Crippen LogP contribution in [0.1, 0.15) is 40.6 Å². The monoisotopic (exact) mass is 386 g/mol. The molecule has 2 aliphatic rings. The van der Waals surface area contributed by atoms with Crippen molar-refractivity contribution in [2.24, 2.45) is 0 Å². The van der Waals surface area contributed by atoms with Crippen LogP contribution in [-0.4, -0.2) is 54.9 Å². The molecule has 4 rings (SSSR count). The Morgan fingerprint density at radius 1 is 1.19 bits per heavy atom. The van der Waals surface area contributed by atoms with Gasteiger partial charge in [0.25, 0.3) is 5.91 Å². The van der Waals surface area contributed by atoms with E-state index in [2.05, 4.69) is 5.16 Å². The van der Waals surface area contributed by atoms with E-state index in [0.29, 0.717) is 5.92 Å². The van der Waals surface area contributed by atoms with Gasteiger partial charge in [-0.3, -0.25) is 4.79 Å². The molecule has 1 aromatic heterocycles. The number of rotatable bonds is 4. The number of aromatic nitrogens is 1. The number of hydrogen-bond acceptors (Lipinski definition) is 6. The second kappa shape index (κ2) is 6.79. The van der Waals surface area contributed by atoms with Crippen molar-refractivity contribution in [1.29, 1.82) is 5.26 Å². The molecule has 9 heteroatoms. The van der Waals surface area contributed by atoms with E-state index in [-0.39, 0.29) is 48.2 Å². The second-order valence-electron chi connectivity index (χ2n) is 6.69. The van der Waals surface area contributed by atoms with Crippen LogP contribution in [0.15, 0.2) is 39.8 Å². The number of amides is 1. The molecule has 8 nitrogen and oxygen atoms in total. The number of nitriles is 1. The zero-order valence-corrected chi connectivity index (χ0v) is 15.4. The van der Waals surface area contributed by atoms with Crippen LogP contribution in [0.3, 0.4) is 0 Å². The number of benzene rings is 1. The lowest BCUT2D eigenvalue weighted by Crippen LogP contribution is -2.50. The summed E-state index contributed by atoms with van der Waals surface area (Å²) in [7, 11) is -3.78. The average Bonchev–Trinajstić information content (AvgIpc) is 3.44. The summed E-state index contributed by atoms with van der Waals surface area (Å²) in [5.41, 5.74) is 0.384. The van der Waals surface area contributed by atoms with Crippen LogP contribution >= 0.6 is 0 Å². The van der Waals surface area contributed by atoms with Crippen LogP contribution in [-0.2, 0) is 10.0 Å². The molecule has 0 radical (unpaired) electrons. The predicted octanol–water partition coefficient (Wildman–Crippen LogP) is 1.57. The van der Waals surface area contributed by atoms with Crippen molar-refractivity contribution < 1.29 is 17.7 Å². The van der Waals surface area contributed by atoms with Crippen molar-refractivity contribution >= 4 is 15.9 Å². The van der Waals surface area contributed by atoms with Gasteiger partial charge < -0.3 is 9.42 Å². The maximum absolute atomic E-state index is 12.8. The number of hydrogen-bond donors (Lipinski definition) is 0. The van der Waals surface area contributed by atoms with E-state index < -0.39 is 10.0 Å². The standard InChI is InChI=1S/C18H18N4O4S/c19-12-14-3-1-2-4-17(14)27(24,25)22-9-7-21(8-10-22)18(23)15-11-16(26-20-15)13-5-6-13/h1-4,11,13H,5-10H2. The molecular formula is C18H18N4O4S. The van der Waals surface area contributed by atoms with E-state index >= 15 is 0 Å². The third-order valence-electron chi connectivity index (χ3n) is 4.88. The maximum Gasteiger partial charge on any atom is 0.276 e. The van der Waals surface area contributed by atoms with E-state index in [1.54, 1.807) is 23.1 Å². The van der Waals surface area contributed by atoms with Gasteiger partial charge >= 0.3 is 0 Å². The first kappa shape index (κ1) is 17.7. The van der Waals surface area contributed by atoms with Gasteiger partial charge in [-0.25, -0.2) is 8.42 Å². The van der Waals surface area contributed by atoms with Gasteiger partial charge in [0, 0.05) is 38.2 Å². The Labute approximate surface area is 157 Å². The minimum absolute atomic E-state index is 0.00199. The van der Waals surface area contributed by atoms with E-state index in [1.165, 1.54) is 16.4 Å². The van der Waals surface area contributed by atoms with Crippen LogP contribution in [0, 0.1) is 11.3 Å². The molecule has 1 saturated heterocycles. The molecule has 140 valence electrons. The minimum atomic E-state index is -3.78. The van der Waals surface area contributed by atoms with Crippen molar-refractivity contribution in [2.75, 3.05) is 26.2 Å². The first-order valence-electron chi connectivity index (χ1n) is 8.76. The minimum Gasteiger partial charge on any atom is -0.360 e. The fraction of sp³-hybridized carbons (Fsp3) is 0.389. The Balaban J connectivity index is 1.45. The van der Waals surface area contributed by atoms with Crippen molar-refractivity contribution in [3.8, 4) is 6.07 Å². The van der Waals surface area contributed by atoms with Gasteiger partial charge in [0.1, 0.15) is 11.8 Å². The van der Waals surface area contributed by atoms with E-state index in [4.69, 9.17) is 9.78 Å². The summed E-state index contributed by atoms with van der Waals surface area (Å²) >= 11 is 0. The molecule has 1 aromatic carbocycles. The van der Waals surface area contributed by atoms with Crippen LogP contribution in [0.25, 0.3) is 0 Å². The van der Waals surface area contributed by atoms with Gasteiger partial charge in [-0.1, -0.05) is 17.3 Å². The quantitative estimate of drug-likeness (QED) is 0.789. The third-order valence-corrected chi connectivity index (χ3v) is 6.84. The summed E-state index contributed by atoms with van der Waals surface area (Å²) in [5, 5.41) is 13.0. The Kier molecular flexibility index (Phi) is 4.45. The largest absolute Gasteiger partial charge is 0.360 e. The lowest BCUT2D eigenvalue weighted by molar-refractivity contribution is 0.0687. The maximum atomic E-state index is 12.8. The zero-order chi connectivity index (χ0) is 19.0. The molecule has 0 atom stereocenters. The zero-order valence-electron chi connectivity index (χ0n) is 14.5. The van der Waals surface area contributed by atoms with Gasteiger partial charge in [0.15, 0.2) is 5.69 Å². The summed E-state index contributed by atoms with van der Waals surface area (Å²) < 4.78 is 32.2. The lowest BCUT2D eigenvalue weighted by Gasteiger charge is -2.33. The highest BCUT2D eigenvalue weighted by Gasteiger charge is 2.34. The Bertz CT molecular complexity index is 1010. The average molecular weight is 386 g/mol. The smallest absolute Gasteiger partial charge is 0.276 e. The Morgan fingerprint density at radius 2 is 1.89 bits per heavy atom. The molecule has 1 aliphatic carbocycles. The number of sulfonamides is 1. The molecule has 0 spiro atoms. The van der Waals surface area contributed by atoms with E-state index in [0.717, 1.165) is 18.6 Å². The first-order chi connectivity index (χ1) is 13.0. The highest BCUT2D eigenvalue weighted by molar-refractivity contribution is 7.89. The first-order valence-corrected chi connectivity index (χ1v) is 10.2. The van der Waals surface area contributed by atoms with E-state index in [9.17, 15) is 13.2 Å². The highest BCUT2D eigenvalue weighted by Crippen LogP contribution is 2.40. The molecule has 0 N–H and O–H groups in total. The van der Waals surface area contributed by atoms with Gasteiger partial charge in [-0.15, -0.1) is 0 Å². The summed E-state index contributed by atoms with van der Waals surface area (Å²) in [5.74, 6) is 0.869. The Morgan fingerprint density at radius 3 is 2.56 bits per heavy atom. The molecule has 1 aliphatic heterocycles. The predicted molar refractivity (Wildman–Crippen MR) is 94.3 cm³/mol. The fourth-order valence-corrected chi connectivity index (χ4v) is 4.73. The summed E-state index contributed by atoms with van der Waals surface area (Å²) in [6.45, 7) is 0.860.